The molecule has 0 fully saturated rings. The van der Waals surface area contributed by atoms with E-state index in [0.717, 1.165) is 25.7 Å². The molecule has 0 N–H and O–H groups in total. The molecule has 0 aliphatic rings. The fourth-order valence-electron chi connectivity index (χ4n) is 2.77. The molecule has 0 aliphatic carbocycles. The molecule has 0 unspecified atom stereocenters. The maximum absolute atomic E-state index is 5.03. The Morgan fingerprint density at radius 1 is 0.440 bits per heavy atom. The highest BCUT2D eigenvalue weighted by atomic mass is 17.5. The van der Waals surface area contributed by atoms with Crippen molar-refractivity contribution < 1.29 is 14.8 Å². The van der Waals surface area contributed by atoms with Gasteiger partial charge in [-0.25, -0.2) is 9.78 Å². The van der Waals surface area contributed by atoms with Crippen LogP contribution in [0.15, 0.2) is 25.3 Å². The van der Waals surface area contributed by atoms with Crippen molar-refractivity contribution >= 4 is 0 Å². The molecule has 0 aromatic carbocycles. The maximum Gasteiger partial charge on any atom is 0.0853 e. The van der Waals surface area contributed by atoms with Crippen LogP contribution in [-0.4, -0.2) is 13.2 Å². The zero-order valence-corrected chi connectivity index (χ0v) is 16.5. The van der Waals surface area contributed by atoms with Gasteiger partial charge in [0, 0.05) is 0 Å². The Kier molecular flexibility index (Phi) is 22.8. The molecule has 0 saturated heterocycles. The Hall–Kier alpha value is -0.640. The van der Waals surface area contributed by atoms with E-state index in [4.69, 9.17) is 14.8 Å². The lowest BCUT2D eigenvalue weighted by atomic mass is 10.1. The molecule has 0 amide bonds. The van der Waals surface area contributed by atoms with Crippen molar-refractivity contribution in [3.8, 4) is 0 Å². The van der Waals surface area contributed by atoms with Gasteiger partial charge in [0.05, 0.1) is 13.2 Å². The molecule has 0 aliphatic heterocycles. The van der Waals surface area contributed by atoms with E-state index < -0.39 is 0 Å². The number of hydrogen-bond acceptors (Lipinski definition) is 3. The molecule has 25 heavy (non-hydrogen) atoms. The second kappa shape index (κ2) is 23.4. The minimum Gasteiger partial charge on any atom is -0.206 e. The van der Waals surface area contributed by atoms with Gasteiger partial charge < -0.3 is 0 Å². The van der Waals surface area contributed by atoms with Crippen molar-refractivity contribution in [1.82, 2.24) is 0 Å². The van der Waals surface area contributed by atoms with Crippen LogP contribution in [-0.2, 0) is 14.8 Å². The third-order valence-electron chi connectivity index (χ3n) is 4.37. The summed E-state index contributed by atoms with van der Waals surface area (Å²) < 4.78 is 0. The normalized spacial score (nSPS) is 10.9. The van der Waals surface area contributed by atoms with Crippen LogP contribution in [0.5, 0.6) is 0 Å². The third kappa shape index (κ3) is 23.4. The summed E-state index contributed by atoms with van der Waals surface area (Å²) in [7, 11) is 0. The molecule has 0 radical (unpaired) electrons. The van der Waals surface area contributed by atoms with Crippen LogP contribution in [0.3, 0.4) is 0 Å². The topological polar surface area (TPSA) is 27.7 Å². The fourth-order valence-corrected chi connectivity index (χ4v) is 2.77. The number of unbranched alkanes of at least 4 members (excludes halogenated alkanes) is 14. The van der Waals surface area contributed by atoms with E-state index in [1.54, 1.807) is 0 Å². The second-order valence-electron chi connectivity index (χ2n) is 6.82. The van der Waals surface area contributed by atoms with Crippen molar-refractivity contribution in [1.29, 1.82) is 0 Å². The molecule has 0 rings (SSSR count). The molecule has 0 heterocycles. The number of rotatable bonds is 22. The Morgan fingerprint density at radius 2 is 0.760 bits per heavy atom. The molecule has 0 saturated carbocycles. The minimum absolute atomic E-state index is 0.626. The average Bonchev–Trinajstić information content (AvgIpc) is 2.63. The fraction of sp³-hybridized carbons (Fsp3) is 0.818. The first kappa shape index (κ1) is 24.4. The van der Waals surface area contributed by atoms with Gasteiger partial charge in [-0.1, -0.05) is 81.4 Å². The van der Waals surface area contributed by atoms with Crippen molar-refractivity contribution in [2.45, 2.75) is 103 Å². The predicted octanol–water partition coefficient (Wildman–Crippen LogP) is 7.48. The molecular formula is C22H42O3. The van der Waals surface area contributed by atoms with E-state index >= 15 is 0 Å². The molecule has 0 spiro atoms. The molecule has 0 aromatic rings. The van der Waals surface area contributed by atoms with Gasteiger partial charge in [-0.2, -0.15) is 0 Å². The average molecular weight is 355 g/mol. The minimum atomic E-state index is 0.626. The van der Waals surface area contributed by atoms with Crippen molar-refractivity contribution in [2.75, 3.05) is 13.2 Å². The summed E-state index contributed by atoms with van der Waals surface area (Å²) in [6.45, 7) is 8.74. The van der Waals surface area contributed by atoms with Crippen LogP contribution in [0.4, 0.5) is 0 Å². The highest BCUT2D eigenvalue weighted by Gasteiger charge is 1.95. The van der Waals surface area contributed by atoms with Crippen LogP contribution in [0, 0.1) is 0 Å². The summed E-state index contributed by atoms with van der Waals surface area (Å²) in [4.78, 5) is 10.1. The maximum atomic E-state index is 5.03. The van der Waals surface area contributed by atoms with Gasteiger partial charge in [0.25, 0.3) is 0 Å². The first-order valence-corrected chi connectivity index (χ1v) is 10.5. The highest BCUT2D eigenvalue weighted by Crippen LogP contribution is 2.10. The lowest BCUT2D eigenvalue weighted by Gasteiger charge is -2.04. The van der Waals surface area contributed by atoms with Crippen molar-refractivity contribution in [2.24, 2.45) is 0 Å². The summed E-state index contributed by atoms with van der Waals surface area (Å²) in [6, 6.07) is 0. The third-order valence-corrected chi connectivity index (χ3v) is 4.37. The molecular weight excluding hydrogens is 312 g/mol. The van der Waals surface area contributed by atoms with Crippen molar-refractivity contribution in [3.05, 3.63) is 25.3 Å². The molecule has 3 nitrogen and oxygen atoms in total. The van der Waals surface area contributed by atoms with E-state index in [-0.39, 0.29) is 0 Å². The van der Waals surface area contributed by atoms with Gasteiger partial charge in [-0.05, 0) is 38.5 Å². The van der Waals surface area contributed by atoms with Gasteiger partial charge in [0.1, 0.15) is 0 Å². The Labute approximate surface area is 156 Å². The van der Waals surface area contributed by atoms with Gasteiger partial charge >= 0.3 is 0 Å². The van der Waals surface area contributed by atoms with Crippen LogP contribution in [0.25, 0.3) is 0 Å². The Morgan fingerprint density at radius 3 is 1.12 bits per heavy atom. The summed E-state index contributed by atoms with van der Waals surface area (Å²) in [5, 5.41) is 4.76. The first-order valence-electron chi connectivity index (χ1n) is 10.5. The summed E-state index contributed by atoms with van der Waals surface area (Å²) in [5.41, 5.74) is 0. The van der Waals surface area contributed by atoms with Crippen LogP contribution in [0.2, 0.25) is 0 Å². The molecule has 3 heteroatoms. The number of hydrogen-bond donors (Lipinski definition) is 0. The van der Waals surface area contributed by atoms with Gasteiger partial charge in [-0.15, -0.1) is 13.2 Å². The summed E-state index contributed by atoms with van der Waals surface area (Å²) in [6.07, 6.45) is 23.9. The predicted molar refractivity (Wildman–Crippen MR) is 107 cm³/mol. The molecule has 0 atom stereocenters. The number of allylic oxidation sites excluding steroid dienone is 2. The summed E-state index contributed by atoms with van der Waals surface area (Å²) in [5.74, 6) is 0. The molecule has 0 aromatic heterocycles. The first-order chi connectivity index (χ1) is 12.4. The lowest BCUT2D eigenvalue weighted by molar-refractivity contribution is -0.512. The smallest absolute Gasteiger partial charge is 0.0853 e. The second-order valence-corrected chi connectivity index (χ2v) is 6.82. The SMILES string of the molecule is C=CCCCCCCCCCOOOCCCCCCCCCC=C. The van der Waals surface area contributed by atoms with Crippen LogP contribution >= 0.6 is 0 Å². The monoisotopic (exact) mass is 354 g/mol. The van der Waals surface area contributed by atoms with Crippen molar-refractivity contribution in [3.63, 3.8) is 0 Å². The van der Waals surface area contributed by atoms with E-state index in [2.05, 4.69) is 13.2 Å². The molecule has 0 bridgehead atoms. The quantitative estimate of drug-likeness (QED) is 0.0872. The highest BCUT2D eigenvalue weighted by molar-refractivity contribution is 4.65. The van der Waals surface area contributed by atoms with Crippen LogP contribution in [0.1, 0.15) is 103 Å². The largest absolute Gasteiger partial charge is 0.206 e. The van der Waals surface area contributed by atoms with E-state index in [1.165, 1.54) is 77.0 Å². The van der Waals surface area contributed by atoms with Gasteiger partial charge in [-0.3, -0.25) is 0 Å². The summed E-state index contributed by atoms with van der Waals surface area (Å²) >= 11 is 0. The zero-order valence-electron chi connectivity index (χ0n) is 16.5. The standard InChI is InChI=1S/C22H42O3/c1-3-5-7-9-11-13-15-17-19-21-23-25-24-22-20-18-16-14-12-10-8-6-4-2/h3-4H,1-2,5-22H2. The van der Waals surface area contributed by atoms with E-state index in [0.29, 0.717) is 13.2 Å². The lowest BCUT2D eigenvalue weighted by Crippen LogP contribution is -2.00. The molecule has 148 valence electrons. The van der Waals surface area contributed by atoms with Crippen LogP contribution < -0.4 is 0 Å². The van der Waals surface area contributed by atoms with Gasteiger partial charge in [0.15, 0.2) is 0 Å². The zero-order chi connectivity index (χ0) is 18.3. The van der Waals surface area contributed by atoms with E-state index in [1.807, 2.05) is 12.2 Å². The Bertz CT molecular complexity index is 240. The Balaban J connectivity index is 2.96. The van der Waals surface area contributed by atoms with Gasteiger partial charge in [0.2, 0.25) is 0 Å². The van der Waals surface area contributed by atoms with E-state index in [9.17, 15) is 0 Å².